The van der Waals surface area contributed by atoms with Crippen LogP contribution in [0.25, 0.3) is 43.6 Å². The maximum atomic E-state index is 2.68. The molecule has 0 aliphatic carbocycles. The molecule has 2 nitrogen and oxygen atoms in total. The standard InChI is InChI=1S/C60H46N2Si3/c1-7-23-45(24-8-1)64(46-25-9-2-10-26-46,47-27-11-3-12-28-47)51-39-41-59-55(43-51)53-35-19-21-37-57(53)61(59)63-62-58-38-22-20-36-54(58)56-44-52(40-42-60(56)62)65(48-29-13-4-14-30-48,49-31-15-5-16-32-49)50-33-17-6-18-34-50/h1-44H,63H2. The summed E-state index contributed by atoms with van der Waals surface area (Å²) < 4.78 is 5.37. The normalized spacial score (nSPS) is 12.1. The molecule has 10 aromatic carbocycles. The third-order valence-corrected chi connectivity index (χ3v) is 25.4. The fourth-order valence-corrected chi connectivity index (χ4v) is 22.7. The third-order valence-electron chi connectivity index (χ3n) is 13.9. The van der Waals surface area contributed by atoms with E-state index in [-0.39, 0.29) is 0 Å². The average molecular weight is 879 g/mol. The highest BCUT2D eigenvalue weighted by molar-refractivity contribution is 7.20. The number of hydrogen-bond donors (Lipinski definition) is 0. The first-order valence-electron chi connectivity index (χ1n) is 22.6. The summed E-state index contributed by atoms with van der Waals surface area (Å²) >= 11 is 0. The number of nitrogens with zero attached hydrogens (tertiary/aromatic N) is 2. The van der Waals surface area contributed by atoms with E-state index in [1.807, 2.05) is 0 Å². The zero-order valence-electron chi connectivity index (χ0n) is 36.0. The summed E-state index contributed by atoms with van der Waals surface area (Å²) in [7, 11) is -6.63. The van der Waals surface area contributed by atoms with E-state index in [1.165, 1.54) is 85.1 Å². The molecule has 0 atom stereocenters. The van der Waals surface area contributed by atoms with Gasteiger partial charge < -0.3 is 8.47 Å². The molecule has 0 aliphatic rings. The molecular formula is C60H46N2Si3. The van der Waals surface area contributed by atoms with Gasteiger partial charge in [-0.25, -0.2) is 0 Å². The van der Waals surface area contributed by atoms with Crippen LogP contribution in [0.1, 0.15) is 0 Å². The van der Waals surface area contributed by atoms with Gasteiger partial charge in [0.05, 0.1) is 0 Å². The molecule has 0 radical (unpaired) electrons. The van der Waals surface area contributed by atoms with Crippen molar-refractivity contribution in [3.8, 4) is 0 Å². The average Bonchev–Trinajstić information content (AvgIpc) is 3.88. The molecule has 0 fully saturated rings. The predicted molar refractivity (Wildman–Crippen MR) is 285 cm³/mol. The lowest BCUT2D eigenvalue weighted by Gasteiger charge is -2.34. The van der Waals surface area contributed by atoms with Crippen molar-refractivity contribution in [3.63, 3.8) is 0 Å². The predicted octanol–water partition coefficient (Wildman–Crippen LogP) is 8.05. The van der Waals surface area contributed by atoms with Gasteiger partial charge in [-0.15, -0.1) is 0 Å². The second kappa shape index (κ2) is 16.2. The fourth-order valence-electron chi connectivity index (χ4n) is 11.1. The highest BCUT2D eigenvalue weighted by Gasteiger charge is 2.43. The Morgan fingerprint density at radius 3 is 0.754 bits per heavy atom. The van der Waals surface area contributed by atoms with Crippen molar-refractivity contribution in [3.05, 3.63) is 267 Å². The van der Waals surface area contributed by atoms with Crippen LogP contribution < -0.4 is 41.5 Å². The Morgan fingerprint density at radius 2 is 0.462 bits per heavy atom. The minimum atomic E-state index is -2.73. The Bertz CT molecular complexity index is 3170. The van der Waals surface area contributed by atoms with Crippen LogP contribution in [0.2, 0.25) is 0 Å². The number of rotatable bonds is 10. The molecule has 5 heteroatoms. The molecule has 2 heterocycles. The summed E-state index contributed by atoms with van der Waals surface area (Å²) in [5.41, 5.74) is 5.18. The Kier molecular flexibility index (Phi) is 9.75. The van der Waals surface area contributed by atoms with Crippen LogP contribution in [0.5, 0.6) is 0 Å². The smallest absolute Gasteiger partial charge is 0.240 e. The maximum Gasteiger partial charge on any atom is 0.240 e. The lowest BCUT2D eigenvalue weighted by molar-refractivity contribution is 1.23. The van der Waals surface area contributed by atoms with E-state index in [0.29, 0.717) is 0 Å². The van der Waals surface area contributed by atoms with Crippen LogP contribution in [0.15, 0.2) is 267 Å². The molecular weight excluding hydrogens is 833 g/mol. The molecule has 65 heavy (non-hydrogen) atoms. The number of fused-ring (bicyclic) bond motifs is 6. The number of para-hydroxylation sites is 2. The van der Waals surface area contributed by atoms with Crippen molar-refractivity contribution >= 4 is 111 Å². The van der Waals surface area contributed by atoms with Crippen LogP contribution in [0, 0.1) is 0 Å². The molecule has 2 aromatic heterocycles. The lowest BCUT2D eigenvalue weighted by Crippen LogP contribution is -2.74. The molecule has 0 N–H and O–H groups in total. The lowest BCUT2D eigenvalue weighted by atomic mass is 10.1. The zero-order valence-corrected chi connectivity index (χ0v) is 39.4. The SMILES string of the molecule is c1ccc([Si](c2ccccc2)(c2ccccc2)c2ccc3c(c2)c2ccccc2n3[SiH2]n2c3ccccc3c3cc([Si](c4ccccc4)(c4ccccc4)c4ccccc4)ccc32)cc1. The van der Waals surface area contributed by atoms with Gasteiger partial charge in [-0.3, -0.25) is 0 Å². The first kappa shape index (κ1) is 39.1. The quantitative estimate of drug-likeness (QED) is 0.0974. The second-order valence-electron chi connectivity index (χ2n) is 17.2. The van der Waals surface area contributed by atoms with Gasteiger partial charge in [0.25, 0.3) is 0 Å². The molecule has 0 bridgehead atoms. The number of aromatic nitrogens is 2. The fraction of sp³-hybridized carbons (Fsp3) is 0. The molecule has 308 valence electrons. The largest absolute Gasteiger partial charge is 0.354 e. The van der Waals surface area contributed by atoms with E-state index in [1.54, 1.807) is 0 Å². The maximum absolute atomic E-state index is 2.73. The van der Waals surface area contributed by atoms with Gasteiger partial charge in [-0.05, 0) is 65.8 Å². The van der Waals surface area contributed by atoms with Crippen molar-refractivity contribution in [2.24, 2.45) is 0 Å². The minimum absolute atomic E-state index is 1.18. The van der Waals surface area contributed by atoms with Crippen LogP contribution in [0.4, 0.5) is 0 Å². The highest BCUT2D eigenvalue weighted by Crippen LogP contribution is 2.32. The zero-order chi connectivity index (χ0) is 43.2. The van der Waals surface area contributed by atoms with Crippen molar-refractivity contribution in [1.82, 2.24) is 8.47 Å². The summed E-state index contributed by atoms with van der Waals surface area (Å²) in [5.74, 6) is 0. The summed E-state index contributed by atoms with van der Waals surface area (Å²) in [6.07, 6.45) is 0. The van der Waals surface area contributed by atoms with Crippen LogP contribution in [-0.4, -0.2) is 34.5 Å². The monoisotopic (exact) mass is 878 g/mol. The molecule has 0 saturated heterocycles. The molecule has 0 unspecified atom stereocenters. The number of benzene rings is 10. The van der Waals surface area contributed by atoms with Crippen LogP contribution >= 0.6 is 0 Å². The Labute approximate surface area is 384 Å². The summed E-state index contributed by atoms with van der Waals surface area (Å²) in [5, 5.41) is 16.4. The molecule has 0 amide bonds. The van der Waals surface area contributed by atoms with Gasteiger partial charge in [0.15, 0.2) is 16.1 Å². The summed E-state index contributed by atoms with van der Waals surface area (Å²) in [4.78, 5) is 0. The van der Waals surface area contributed by atoms with E-state index < -0.39 is 26.0 Å². The van der Waals surface area contributed by atoms with Gasteiger partial charge in [-0.1, -0.05) is 243 Å². The van der Waals surface area contributed by atoms with Crippen molar-refractivity contribution < 1.29 is 0 Å². The third kappa shape index (κ3) is 6.19. The molecule has 0 aliphatic heterocycles. The van der Waals surface area contributed by atoms with Gasteiger partial charge >= 0.3 is 0 Å². The number of hydrogen-bond acceptors (Lipinski definition) is 0. The highest BCUT2D eigenvalue weighted by atomic mass is 28.3. The van der Waals surface area contributed by atoms with Crippen molar-refractivity contribution in [2.45, 2.75) is 0 Å². The van der Waals surface area contributed by atoms with E-state index in [2.05, 4.69) is 275 Å². The molecule has 0 saturated carbocycles. The van der Waals surface area contributed by atoms with E-state index >= 15 is 0 Å². The van der Waals surface area contributed by atoms with Gasteiger partial charge in [-0.2, -0.15) is 0 Å². The summed E-state index contributed by atoms with van der Waals surface area (Å²) in [6, 6.07) is 101. The van der Waals surface area contributed by atoms with Gasteiger partial charge in [0.1, 0.15) is 0 Å². The summed E-state index contributed by atoms with van der Waals surface area (Å²) in [6.45, 7) is 0. The van der Waals surface area contributed by atoms with E-state index in [4.69, 9.17) is 0 Å². The topological polar surface area (TPSA) is 9.86 Å². The van der Waals surface area contributed by atoms with Crippen molar-refractivity contribution in [1.29, 1.82) is 0 Å². The molecule has 0 spiro atoms. The van der Waals surface area contributed by atoms with Crippen LogP contribution in [-0.2, 0) is 0 Å². The first-order valence-corrected chi connectivity index (χ1v) is 27.9. The Hall–Kier alpha value is -7.55. The minimum Gasteiger partial charge on any atom is -0.354 e. The molecule has 12 rings (SSSR count). The van der Waals surface area contributed by atoms with Gasteiger partial charge in [0.2, 0.25) is 9.84 Å². The Balaban J connectivity index is 1.07. The van der Waals surface area contributed by atoms with E-state index in [0.717, 1.165) is 0 Å². The first-order chi connectivity index (χ1) is 32.3. The second-order valence-corrected chi connectivity index (χ2v) is 26.4. The molecule has 12 aromatic rings. The van der Waals surface area contributed by atoms with E-state index in [9.17, 15) is 0 Å². The van der Waals surface area contributed by atoms with Crippen molar-refractivity contribution in [2.75, 3.05) is 0 Å². The Morgan fingerprint density at radius 1 is 0.215 bits per heavy atom. The van der Waals surface area contributed by atoms with Crippen LogP contribution in [0.3, 0.4) is 0 Å². The van der Waals surface area contributed by atoms with Gasteiger partial charge in [0, 0.05) is 43.6 Å².